The molecule has 1 aromatic carbocycles. The minimum absolute atomic E-state index is 0.0587. The van der Waals surface area contributed by atoms with Gasteiger partial charge in [-0.15, -0.1) is 0 Å². The Morgan fingerprint density at radius 1 is 1.10 bits per heavy atom. The molecule has 1 aromatic rings. The Balaban J connectivity index is 2.53. The van der Waals surface area contributed by atoms with E-state index >= 15 is 0 Å². The molecule has 1 rings (SSSR count). The first kappa shape index (κ1) is 24.5. The molecule has 0 bridgehead atoms. The zero-order valence-corrected chi connectivity index (χ0v) is 18.4. The Kier molecular flexibility index (Phi) is 9.65. The van der Waals surface area contributed by atoms with Crippen LogP contribution in [0.1, 0.15) is 53.0 Å². The Morgan fingerprint density at radius 2 is 1.72 bits per heavy atom. The maximum atomic E-state index is 12.6. The monoisotopic (exact) mass is 406 g/mol. The van der Waals surface area contributed by atoms with Crippen molar-refractivity contribution in [2.75, 3.05) is 13.6 Å². The van der Waals surface area contributed by atoms with Crippen LogP contribution in [0.15, 0.2) is 30.3 Å². The summed E-state index contributed by atoms with van der Waals surface area (Å²) in [6.07, 6.45) is -0.0102. The number of hydrogen-bond donors (Lipinski definition) is 1. The summed E-state index contributed by atoms with van der Waals surface area (Å²) in [4.78, 5) is 38.2. The van der Waals surface area contributed by atoms with Crippen molar-refractivity contribution in [2.24, 2.45) is 5.92 Å². The summed E-state index contributed by atoms with van der Waals surface area (Å²) in [5.41, 5.74) is 0.257. The molecule has 0 radical (unpaired) electrons. The molecule has 2 amide bonds. The zero-order chi connectivity index (χ0) is 22.0. The number of likely N-dealkylation sites (N-methyl/N-ethyl adjacent to an activating group) is 1. The largest absolute Gasteiger partial charge is 0.461 e. The van der Waals surface area contributed by atoms with E-state index in [0.29, 0.717) is 6.42 Å². The molecule has 0 fully saturated rings. The maximum absolute atomic E-state index is 12.6. The fourth-order valence-electron chi connectivity index (χ4n) is 2.56. The molecule has 7 heteroatoms. The van der Waals surface area contributed by atoms with Crippen molar-refractivity contribution in [3.8, 4) is 0 Å². The van der Waals surface area contributed by atoms with E-state index in [0.717, 1.165) is 5.56 Å². The number of rotatable bonds is 9. The van der Waals surface area contributed by atoms with Crippen LogP contribution in [0.3, 0.4) is 0 Å². The summed E-state index contributed by atoms with van der Waals surface area (Å²) < 4.78 is 10.6. The lowest BCUT2D eigenvalue weighted by Crippen LogP contribution is -2.50. The van der Waals surface area contributed by atoms with Gasteiger partial charge in [-0.1, -0.05) is 44.2 Å². The van der Waals surface area contributed by atoms with Crippen LogP contribution in [0.4, 0.5) is 4.79 Å². The first-order valence-corrected chi connectivity index (χ1v) is 9.92. The van der Waals surface area contributed by atoms with E-state index in [1.807, 2.05) is 44.2 Å². The van der Waals surface area contributed by atoms with Crippen LogP contribution in [0, 0.1) is 5.92 Å². The van der Waals surface area contributed by atoms with Crippen molar-refractivity contribution < 1.29 is 23.9 Å². The first-order valence-electron chi connectivity index (χ1n) is 9.92. The summed E-state index contributed by atoms with van der Waals surface area (Å²) in [7, 11) is 1.55. The summed E-state index contributed by atoms with van der Waals surface area (Å²) in [6.45, 7) is 9.62. The second-order valence-corrected chi connectivity index (χ2v) is 8.42. The normalized spacial score (nSPS) is 12.2. The second kappa shape index (κ2) is 11.4. The number of carbonyl (C=O) groups is 3. The van der Waals surface area contributed by atoms with Crippen LogP contribution in [-0.2, 0) is 25.7 Å². The molecule has 0 aliphatic carbocycles. The van der Waals surface area contributed by atoms with Gasteiger partial charge in [-0.25, -0.2) is 4.79 Å². The van der Waals surface area contributed by atoms with Crippen LogP contribution in [-0.4, -0.2) is 48.1 Å². The third kappa shape index (κ3) is 9.96. The Bertz CT molecular complexity index is 668. The third-order valence-corrected chi connectivity index (χ3v) is 4.02. The highest BCUT2D eigenvalue weighted by molar-refractivity contribution is 5.86. The van der Waals surface area contributed by atoms with E-state index in [-0.39, 0.29) is 31.4 Å². The highest BCUT2D eigenvalue weighted by Crippen LogP contribution is 2.15. The fraction of sp³-hybridized carbons (Fsp3) is 0.591. The molecule has 162 valence electrons. The number of carbonyl (C=O) groups excluding carboxylic acids is 3. The summed E-state index contributed by atoms with van der Waals surface area (Å²) >= 11 is 0. The molecule has 0 aromatic heterocycles. The maximum Gasteiger partial charge on any atom is 0.410 e. The minimum atomic E-state index is -0.676. The van der Waals surface area contributed by atoms with Crippen LogP contribution in [0.5, 0.6) is 0 Å². The molecule has 0 unspecified atom stereocenters. The fourth-order valence-corrected chi connectivity index (χ4v) is 2.56. The molecule has 0 saturated heterocycles. The van der Waals surface area contributed by atoms with Gasteiger partial charge in [0.15, 0.2) is 0 Å². The molecule has 0 saturated carbocycles. The Morgan fingerprint density at radius 3 is 2.28 bits per heavy atom. The van der Waals surface area contributed by atoms with E-state index in [1.165, 1.54) is 4.90 Å². The average Bonchev–Trinajstić information content (AvgIpc) is 2.63. The summed E-state index contributed by atoms with van der Waals surface area (Å²) in [5, 5.41) is 2.73. The lowest BCUT2D eigenvalue weighted by molar-refractivity contribution is -0.144. The van der Waals surface area contributed by atoms with E-state index < -0.39 is 23.7 Å². The average molecular weight is 407 g/mol. The molecule has 1 N–H and O–H groups in total. The van der Waals surface area contributed by atoms with Crippen molar-refractivity contribution in [2.45, 2.75) is 65.7 Å². The predicted molar refractivity (Wildman–Crippen MR) is 111 cm³/mol. The van der Waals surface area contributed by atoms with Crippen molar-refractivity contribution in [1.29, 1.82) is 0 Å². The number of esters is 1. The van der Waals surface area contributed by atoms with Gasteiger partial charge in [0.25, 0.3) is 0 Å². The van der Waals surface area contributed by atoms with Gasteiger partial charge in [0, 0.05) is 13.6 Å². The van der Waals surface area contributed by atoms with Crippen molar-refractivity contribution in [1.82, 2.24) is 10.2 Å². The number of nitrogens with zero attached hydrogens (tertiary/aromatic N) is 1. The number of ether oxygens (including phenoxy) is 2. The van der Waals surface area contributed by atoms with Gasteiger partial charge in [0.2, 0.25) is 5.91 Å². The number of amides is 2. The van der Waals surface area contributed by atoms with Crippen LogP contribution in [0.25, 0.3) is 0 Å². The summed E-state index contributed by atoms with van der Waals surface area (Å²) in [6, 6.07) is 8.71. The van der Waals surface area contributed by atoms with Crippen molar-refractivity contribution in [3.63, 3.8) is 0 Å². The molecule has 7 nitrogen and oxygen atoms in total. The predicted octanol–water partition coefficient (Wildman–Crippen LogP) is 3.52. The highest BCUT2D eigenvalue weighted by Gasteiger charge is 2.30. The topological polar surface area (TPSA) is 84.9 Å². The zero-order valence-electron chi connectivity index (χ0n) is 18.4. The van der Waals surface area contributed by atoms with Gasteiger partial charge < -0.3 is 14.8 Å². The molecule has 29 heavy (non-hydrogen) atoms. The Hall–Kier alpha value is -2.57. The van der Waals surface area contributed by atoms with Crippen LogP contribution >= 0.6 is 0 Å². The minimum Gasteiger partial charge on any atom is -0.461 e. The summed E-state index contributed by atoms with van der Waals surface area (Å²) in [5.74, 6) is -0.510. The van der Waals surface area contributed by atoms with Gasteiger partial charge in [-0.3, -0.25) is 14.5 Å². The van der Waals surface area contributed by atoms with Crippen molar-refractivity contribution >= 4 is 18.0 Å². The van der Waals surface area contributed by atoms with E-state index in [9.17, 15) is 14.4 Å². The third-order valence-electron chi connectivity index (χ3n) is 4.02. The highest BCUT2D eigenvalue weighted by atomic mass is 16.6. The van der Waals surface area contributed by atoms with Gasteiger partial charge in [-0.2, -0.15) is 0 Å². The molecule has 0 heterocycles. The smallest absolute Gasteiger partial charge is 0.410 e. The molecule has 0 aliphatic heterocycles. The standard InChI is InChI=1S/C22H34N2O5/c1-16(2)14-18(24(6)21(27)29-22(3,4)5)20(26)23-13-12-19(25)28-15-17-10-8-7-9-11-17/h7-11,16,18H,12-15H2,1-6H3,(H,23,26)/t18-/m0/s1. The quantitative estimate of drug-likeness (QED) is 0.634. The molecular formula is C22H34N2O5. The molecule has 0 aliphatic rings. The lowest BCUT2D eigenvalue weighted by atomic mass is 10.0. The van der Waals surface area contributed by atoms with Gasteiger partial charge in [0.05, 0.1) is 6.42 Å². The first-order chi connectivity index (χ1) is 13.5. The van der Waals surface area contributed by atoms with Gasteiger partial charge in [0.1, 0.15) is 18.2 Å². The molecular weight excluding hydrogens is 372 g/mol. The Labute approximate surface area is 173 Å². The van der Waals surface area contributed by atoms with Gasteiger partial charge >= 0.3 is 12.1 Å². The van der Waals surface area contributed by atoms with Crippen molar-refractivity contribution in [3.05, 3.63) is 35.9 Å². The van der Waals surface area contributed by atoms with E-state index in [4.69, 9.17) is 9.47 Å². The number of nitrogens with one attached hydrogen (secondary N) is 1. The van der Waals surface area contributed by atoms with E-state index in [1.54, 1.807) is 27.8 Å². The van der Waals surface area contributed by atoms with E-state index in [2.05, 4.69) is 5.32 Å². The molecule has 0 spiro atoms. The lowest BCUT2D eigenvalue weighted by Gasteiger charge is -2.30. The SMILES string of the molecule is CC(C)C[C@@H](C(=O)NCCC(=O)OCc1ccccc1)N(C)C(=O)OC(C)(C)C. The van der Waals surface area contributed by atoms with Crippen LogP contribution in [0.2, 0.25) is 0 Å². The molecule has 1 atom stereocenters. The number of hydrogen-bond acceptors (Lipinski definition) is 5. The van der Waals surface area contributed by atoms with Gasteiger partial charge in [-0.05, 0) is 38.7 Å². The van der Waals surface area contributed by atoms with Crippen LogP contribution < -0.4 is 5.32 Å². The number of benzene rings is 1. The second-order valence-electron chi connectivity index (χ2n) is 8.42.